The van der Waals surface area contributed by atoms with Gasteiger partial charge in [0.05, 0.1) is 43.8 Å². The van der Waals surface area contributed by atoms with Crippen molar-refractivity contribution in [3.05, 3.63) is 62.5 Å². The summed E-state index contributed by atoms with van der Waals surface area (Å²) in [5.74, 6) is -2.64. The van der Waals surface area contributed by atoms with Gasteiger partial charge in [-0.3, -0.25) is 14.9 Å². The standard InChI is InChI=1S/C29H37F2N5O6S/c1-4-36(29(32-2)9-7-20(8-10-29)42-14-13-41-12-11-40-3)28(39)24-26(38)25(37)21(17-33-24)27-35-34-23(43-27)15-18-5-6-19(30)16-22(18)31/h5-6,16-17,20,32,38H,4,7-15H2,1-3H3,(H,33,37). The highest BCUT2D eigenvalue weighted by atomic mass is 32.1. The summed E-state index contributed by atoms with van der Waals surface area (Å²) in [5, 5.41) is 22.8. The van der Waals surface area contributed by atoms with E-state index in [0.29, 0.717) is 63.7 Å². The molecule has 0 radical (unpaired) electrons. The van der Waals surface area contributed by atoms with E-state index in [-0.39, 0.29) is 34.4 Å². The summed E-state index contributed by atoms with van der Waals surface area (Å²) in [7, 11) is 3.41. The van der Waals surface area contributed by atoms with E-state index in [1.165, 1.54) is 12.3 Å². The van der Waals surface area contributed by atoms with Crippen LogP contribution in [0.4, 0.5) is 8.78 Å². The fourth-order valence-corrected chi connectivity index (χ4v) is 6.16. The van der Waals surface area contributed by atoms with Crippen LogP contribution in [0.2, 0.25) is 0 Å². The number of methoxy groups -OCH3 is 1. The Morgan fingerprint density at radius 2 is 1.95 bits per heavy atom. The molecular weight excluding hydrogens is 584 g/mol. The molecule has 11 nitrogen and oxygen atoms in total. The average Bonchev–Trinajstić information content (AvgIpc) is 3.47. The molecule has 14 heteroatoms. The van der Waals surface area contributed by atoms with Gasteiger partial charge < -0.3 is 29.2 Å². The van der Waals surface area contributed by atoms with Gasteiger partial charge in [-0.1, -0.05) is 17.4 Å². The molecule has 43 heavy (non-hydrogen) atoms. The van der Waals surface area contributed by atoms with Gasteiger partial charge in [0.15, 0.2) is 16.5 Å². The second-order valence-electron chi connectivity index (χ2n) is 10.2. The summed E-state index contributed by atoms with van der Waals surface area (Å²) in [4.78, 5) is 31.3. The van der Waals surface area contributed by atoms with E-state index in [1.807, 2.05) is 6.92 Å². The number of aromatic nitrogens is 3. The fourth-order valence-electron chi connectivity index (χ4n) is 5.29. The number of H-pyrrole nitrogens is 1. The van der Waals surface area contributed by atoms with Crippen molar-refractivity contribution < 1.29 is 32.9 Å². The number of aromatic amines is 1. The normalized spacial score (nSPS) is 18.6. The van der Waals surface area contributed by atoms with Crippen LogP contribution in [-0.4, -0.2) is 90.0 Å². The minimum atomic E-state index is -0.780. The molecule has 0 aliphatic heterocycles. The SMILES string of the molecule is CCN(C(=O)c1[nH]cc(-c2nnc(Cc3ccc(F)cc3F)s2)c(=O)c1O)C1(NC)CCC(OCCOCCOC)CC1. The number of rotatable bonds is 14. The Balaban J connectivity index is 1.44. The Morgan fingerprint density at radius 3 is 2.63 bits per heavy atom. The predicted molar refractivity (Wildman–Crippen MR) is 156 cm³/mol. The second-order valence-corrected chi connectivity index (χ2v) is 11.2. The lowest BCUT2D eigenvalue weighted by Crippen LogP contribution is -2.62. The number of ether oxygens (including phenoxy) is 3. The smallest absolute Gasteiger partial charge is 0.275 e. The number of amides is 1. The number of benzene rings is 1. The lowest BCUT2D eigenvalue weighted by atomic mass is 9.85. The van der Waals surface area contributed by atoms with Gasteiger partial charge in [-0.2, -0.15) is 0 Å². The molecule has 2 heterocycles. The van der Waals surface area contributed by atoms with Crippen LogP contribution in [0.5, 0.6) is 5.75 Å². The van der Waals surface area contributed by atoms with Gasteiger partial charge in [0.1, 0.15) is 16.6 Å². The lowest BCUT2D eigenvalue weighted by molar-refractivity contribution is -0.0490. The molecule has 0 saturated heterocycles. The van der Waals surface area contributed by atoms with Crippen LogP contribution < -0.4 is 10.7 Å². The van der Waals surface area contributed by atoms with Crippen LogP contribution in [0, 0.1) is 11.6 Å². The second kappa shape index (κ2) is 14.9. The molecule has 1 amide bonds. The molecule has 1 aliphatic carbocycles. The molecule has 0 atom stereocenters. The van der Waals surface area contributed by atoms with Crippen molar-refractivity contribution in [1.29, 1.82) is 0 Å². The van der Waals surface area contributed by atoms with E-state index in [4.69, 9.17) is 14.2 Å². The van der Waals surface area contributed by atoms with Crippen LogP contribution in [0.3, 0.4) is 0 Å². The van der Waals surface area contributed by atoms with E-state index in [9.17, 15) is 23.5 Å². The van der Waals surface area contributed by atoms with Crippen LogP contribution in [-0.2, 0) is 20.6 Å². The van der Waals surface area contributed by atoms with Crippen LogP contribution in [0.25, 0.3) is 10.6 Å². The van der Waals surface area contributed by atoms with Crippen LogP contribution >= 0.6 is 11.3 Å². The van der Waals surface area contributed by atoms with E-state index < -0.39 is 34.4 Å². The summed E-state index contributed by atoms with van der Waals surface area (Å²) in [6, 6.07) is 3.26. The fraction of sp³-hybridized carbons (Fsp3) is 0.517. The molecule has 234 valence electrons. The number of carbonyl (C=O) groups is 1. The van der Waals surface area contributed by atoms with Gasteiger partial charge in [-0.25, -0.2) is 8.78 Å². The molecule has 3 N–H and O–H groups in total. The highest BCUT2D eigenvalue weighted by molar-refractivity contribution is 7.14. The number of nitrogens with one attached hydrogen (secondary N) is 2. The summed E-state index contributed by atoms with van der Waals surface area (Å²) in [6.45, 7) is 4.16. The van der Waals surface area contributed by atoms with Crippen molar-refractivity contribution in [3.63, 3.8) is 0 Å². The molecular formula is C29H37F2N5O6S. The third kappa shape index (κ3) is 7.62. The first-order valence-corrected chi connectivity index (χ1v) is 14.9. The summed E-state index contributed by atoms with van der Waals surface area (Å²) in [6.07, 6.45) is 4.06. The number of aromatic hydroxyl groups is 1. The largest absolute Gasteiger partial charge is 0.503 e. The van der Waals surface area contributed by atoms with E-state index in [2.05, 4.69) is 20.5 Å². The minimum absolute atomic E-state index is 0.0209. The van der Waals surface area contributed by atoms with Gasteiger partial charge in [-0.05, 0) is 51.3 Å². The van der Waals surface area contributed by atoms with Gasteiger partial charge in [0.2, 0.25) is 5.43 Å². The van der Waals surface area contributed by atoms with E-state index in [1.54, 1.807) is 19.1 Å². The maximum Gasteiger partial charge on any atom is 0.275 e. The first-order chi connectivity index (χ1) is 20.7. The molecule has 1 fully saturated rings. The van der Waals surface area contributed by atoms with Gasteiger partial charge in [0.25, 0.3) is 5.91 Å². The molecule has 0 bridgehead atoms. The molecule has 3 aromatic rings. The van der Waals surface area contributed by atoms with Gasteiger partial charge >= 0.3 is 0 Å². The third-order valence-electron chi connectivity index (χ3n) is 7.64. The predicted octanol–water partition coefficient (Wildman–Crippen LogP) is 3.47. The number of hydrogen-bond donors (Lipinski definition) is 3. The lowest BCUT2D eigenvalue weighted by Gasteiger charge is -2.47. The third-order valence-corrected chi connectivity index (χ3v) is 8.60. The van der Waals surface area contributed by atoms with Crippen molar-refractivity contribution >= 4 is 17.2 Å². The highest BCUT2D eigenvalue weighted by Crippen LogP contribution is 2.34. The summed E-state index contributed by atoms with van der Waals surface area (Å²) < 4.78 is 43.7. The Bertz CT molecular complexity index is 1440. The first kappa shape index (κ1) is 32.6. The zero-order valence-corrected chi connectivity index (χ0v) is 25.3. The number of halogens is 2. The first-order valence-electron chi connectivity index (χ1n) is 14.1. The number of hydrogen-bond acceptors (Lipinski definition) is 10. The molecule has 0 unspecified atom stereocenters. The Morgan fingerprint density at radius 1 is 1.21 bits per heavy atom. The average molecular weight is 622 g/mol. The maximum atomic E-state index is 14.1. The van der Waals surface area contributed by atoms with Crippen molar-refractivity contribution in [2.45, 2.75) is 50.8 Å². The number of pyridine rings is 1. The molecule has 1 saturated carbocycles. The van der Waals surface area contributed by atoms with E-state index >= 15 is 0 Å². The van der Waals surface area contributed by atoms with E-state index in [0.717, 1.165) is 23.5 Å². The minimum Gasteiger partial charge on any atom is -0.503 e. The number of carbonyl (C=O) groups excluding carboxylic acids is 1. The van der Waals surface area contributed by atoms with Crippen molar-refractivity contribution in [2.24, 2.45) is 0 Å². The Labute approximate surface area is 252 Å². The van der Waals surface area contributed by atoms with Crippen LogP contribution in [0.15, 0.2) is 29.2 Å². The highest BCUT2D eigenvalue weighted by Gasteiger charge is 2.42. The zero-order valence-electron chi connectivity index (χ0n) is 24.5. The van der Waals surface area contributed by atoms with Crippen molar-refractivity contribution in [3.8, 4) is 16.3 Å². The maximum absolute atomic E-state index is 14.1. The molecule has 2 aromatic heterocycles. The summed E-state index contributed by atoms with van der Waals surface area (Å²) in [5.41, 5.74) is -1.45. The van der Waals surface area contributed by atoms with Gasteiger partial charge in [0, 0.05) is 32.3 Å². The Kier molecular flexibility index (Phi) is 11.3. The van der Waals surface area contributed by atoms with Crippen LogP contribution in [0.1, 0.15) is 53.7 Å². The monoisotopic (exact) mass is 621 g/mol. The van der Waals surface area contributed by atoms with Crippen molar-refractivity contribution in [1.82, 2.24) is 25.4 Å². The zero-order chi connectivity index (χ0) is 31.0. The topological polar surface area (TPSA) is 139 Å². The quantitative estimate of drug-likeness (QED) is 0.182. The molecule has 0 spiro atoms. The summed E-state index contributed by atoms with van der Waals surface area (Å²) >= 11 is 1.03. The van der Waals surface area contributed by atoms with Crippen molar-refractivity contribution in [2.75, 3.05) is 47.1 Å². The molecule has 1 aromatic carbocycles. The molecule has 4 rings (SSSR count). The van der Waals surface area contributed by atoms with Gasteiger partial charge in [-0.15, -0.1) is 10.2 Å². The molecule has 1 aliphatic rings. The number of nitrogens with zero attached hydrogens (tertiary/aromatic N) is 3. The Hall–Kier alpha value is -3.30.